The second-order valence-electron chi connectivity index (χ2n) is 7.72. The molecule has 0 unspecified atom stereocenters. The van der Waals surface area contributed by atoms with E-state index in [1.54, 1.807) is 29.3 Å². The molecule has 0 radical (unpaired) electrons. The number of anilines is 1. The van der Waals surface area contributed by atoms with Gasteiger partial charge >= 0.3 is 6.18 Å². The van der Waals surface area contributed by atoms with Crippen LogP contribution in [0.3, 0.4) is 0 Å². The molecule has 168 valence electrons. The van der Waals surface area contributed by atoms with Crippen molar-refractivity contribution < 1.29 is 22.7 Å². The average molecular weight is 453 g/mol. The lowest BCUT2D eigenvalue weighted by Gasteiger charge is -2.36. The number of carbonyl (C=O) groups excluding carboxylic acids is 1. The third-order valence-electron chi connectivity index (χ3n) is 5.74. The number of rotatable bonds is 2. The number of nitrogens with two attached hydrogens (primary N) is 1. The van der Waals surface area contributed by atoms with E-state index in [4.69, 9.17) is 10.5 Å². The number of morpholine rings is 1. The Balaban J connectivity index is 1.52. The molecular weight excluding hydrogens is 435 g/mol. The fourth-order valence-corrected chi connectivity index (χ4v) is 4.08. The molecule has 0 spiro atoms. The van der Waals surface area contributed by atoms with Crippen LogP contribution in [-0.4, -0.2) is 45.5 Å². The molecule has 10 heteroatoms. The SMILES string of the molecule is Nc1nc2ccc(C(=O)N3CCOC[C@@H]3c3ccc(C(F)(F)F)cc3)cc2c2cncnc12. The number of amides is 1. The topological polar surface area (TPSA) is 94.2 Å². The molecule has 4 aromatic rings. The summed E-state index contributed by atoms with van der Waals surface area (Å²) >= 11 is 0. The van der Waals surface area contributed by atoms with Gasteiger partial charge in [0.25, 0.3) is 5.91 Å². The van der Waals surface area contributed by atoms with E-state index in [-0.39, 0.29) is 18.3 Å². The maximum absolute atomic E-state index is 13.5. The second kappa shape index (κ2) is 7.96. The molecule has 3 heterocycles. The van der Waals surface area contributed by atoms with Crippen LogP contribution >= 0.6 is 0 Å². The highest BCUT2D eigenvalue weighted by molar-refractivity contribution is 6.10. The number of alkyl halides is 3. The van der Waals surface area contributed by atoms with Crippen molar-refractivity contribution in [3.63, 3.8) is 0 Å². The molecule has 1 amide bonds. The standard InChI is InChI=1S/C23H18F3N5O2/c24-23(25,26)15-4-1-13(2-5-15)19-11-33-8-7-31(19)22(32)14-3-6-18-16(9-14)17-10-28-12-29-20(17)21(27)30-18/h1-6,9-10,12,19H,7-8,11H2,(H2,27,30)/t19-/m1/s1. The quantitative estimate of drug-likeness (QED) is 0.461. The molecule has 1 aliphatic heterocycles. The second-order valence-corrected chi connectivity index (χ2v) is 7.72. The zero-order valence-corrected chi connectivity index (χ0v) is 17.2. The summed E-state index contributed by atoms with van der Waals surface area (Å²) in [4.78, 5) is 27.7. The summed E-state index contributed by atoms with van der Waals surface area (Å²) in [6, 6.07) is 9.39. The van der Waals surface area contributed by atoms with Crippen LogP contribution in [0.5, 0.6) is 0 Å². The van der Waals surface area contributed by atoms with Crippen LogP contribution in [0.15, 0.2) is 55.0 Å². The van der Waals surface area contributed by atoms with Crippen molar-refractivity contribution in [3.05, 3.63) is 71.7 Å². The van der Waals surface area contributed by atoms with Crippen molar-refractivity contribution in [3.8, 4) is 0 Å². The summed E-state index contributed by atoms with van der Waals surface area (Å²) in [6.07, 6.45) is -1.42. The lowest BCUT2D eigenvalue weighted by molar-refractivity contribution is -0.137. The number of halogens is 3. The van der Waals surface area contributed by atoms with Gasteiger partial charge in [0.2, 0.25) is 0 Å². The highest BCUT2D eigenvalue weighted by Crippen LogP contribution is 2.33. The van der Waals surface area contributed by atoms with Gasteiger partial charge in [-0.1, -0.05) is 12.1 Å². The molecule has 2 aromatic heterocycles. The molecule has 33 heavy (non-hydrogen) atoms. The van der Waals surface area contributed by atoms with E-state index in [0.29, 0.717) is 46.1 Å². The maximum atomic E-state index is 13.5. The first-order valence-corrected chi connectivity index (χ1v) is 10.2. The highest BCUT2D eigenvalue weighted by atomic mass is 19.4. The van der Waals surface area contributed by atoms with E-state index >= 15 is 0 Å². The Morgan fingerprint density at radius 1 is 1.12 bits per heavy atom. The molecule has 2 aromatic carbocycles. The Kier molecular flexibility index (Phi) is 5.09. The van der Waals surface area contributed by atoms with Gasteiger partial charge in [0.05, 0.1) is 30.3 Å². The lowest BCUT2D eigenvalue weighted by atomic mass is 10.0. The van der Waals surface area contributed by atoms with E-state index in [9.17, 15) is 18.0 Å². The molecule has 0 saturated carbocycles. The van der Waals surface area contributed by atoms with Gasteiger partial charge in [-0.15, -0.1) is 0 Å². The van der Waals surface area contributed by atoms with Crippen molar-refractivity contribution in [2.24, 2.45) is 0 Å². The highest BCUT2D eigenvalue weighted by Gasteiger charge is 2.33. The van der Waals surface area contributed by atoms with Crippen LogP contribution in [-0.2, 0) is 10.9 Å². The number of carbonyl (C=O) groups is 1. The first-order chi connectivity index (χ1) is 15.8. The number of nitrogen functional groups attached to an aromatic ring is 1. The molecule has 2 N–H and O–H groups in total. The van der Waals surface area contributed by atoms with Crippen LogP contribution < -0.4 is 5.73 Å². The number of nitrogens with zero attached hydrogens (tertiary/aromatic N) is 4. The largest absolute Gasteiger partial charge is 0.416 e. The van der Waals surface area contributed by atoms with Crippen molar-refractivity contribution >= 4 is 33.5 Å². The fourth-order valence-electron chi connectivity index (χ4n) is 4.08. The molecule has 0 aliphatic carbocycles. The third kappa shape index (κ3) is 3.82. The smallest absolute Gasteiger partial charge is 0.382 e. The Hall–Kier alpha value is -3.79. The summed E-state index contributed by atoms with van der Waals surface area (Å²) in [5.41, 5.74) is 7.35. The summed E-state index contributed by atoms with van der Waals surface area (Å²) in [5, 5.41) is 1.36. The number of ether oxygens (including phenoxy) is 1. The minimum absolute atomic E-state index is 0.194. The van der Waals surface area contributed by atoms with Crippen LogP contribution in [0, 0.1) is 0 Å². The number of benzene rings is 2. The lowest BCUT2D eigenvalue weighted by Crippen LogP contribution is -2.43. The van der Waals surface area contributed by atoms with Gasteiger partial charge in [-0.05, 0) is 35.9 Å². The van der Waals surface area contributed by atoms with E-state index in [2.05, 4.69) is 15.0 Å². The summed E-state index contributed by atoms with van der Waals surface area (Å²) in [5.74, 6) is 0.0152. The predicted molar refractivity (Wildman–Crippen MR) is 115 cm³/mol. The molecular formula is C23H18F3N5O2. The van der Waals surface area contributed by atoms with E-state index in [0.717, 1.165) is 12.1 Å². The van der Waals surface area contributed by atoms with Crippen LogP contribution in [0.1, 0.15) is 27.5 Å². The maximum Gasteiger partial charge on any atom is 0.416 e. The number of hydrogen-bond donors (Lipinski definition) is 1. The van der Waals surface area contributed by atoms with Crippen LogP contribution in [0.4, 0.5) is 19.0 Å². The van der Waals surface area contributed by atoms with Gasteiger partial charge in [0.15, 0.2) is 5.82 Å². The average Bonchev–Trinajstić information content (AvgIpc) is 2.83. The summed E-state index contributed by atoms with van der Waals surface area (Å²) in [6.45, 7) is 0.845. The Bertz CT molecular complexity index is 1360. The Labute approximate surface area is 186 Å². The number of hydrogen-bond acceptors (Lipinski definition) is 6. The molecule has 0 bridgehead atoms. The monoisotopic (exact) mass is 453 g/mol. The van der Waals surface area contributed by atoms with Gasteiger partial charge in [-0.2, -0.15) is 13.2 Å². The Morgan fingerprint density at radius 3 is 2.67 bits per heavy atom. The Morgan fingerprint density at radius 2 is 1.91 bits per heavy atom. The number of aromatic nitrogens is 3. The van der Waals surface area contributed by atoms with E-state index in [1.807, 2.05) is 0 Å². The normalized spacial score (nSPS) is 16.9. The van der Waals surface area contributed by atoms with Crippen molar-refractivity contribution in [1.29, 1.82) is 0 Å². The molecule has 7 nitrogen and oxygen atoms in total. The molecule has 1 fully saturated rings. The first-order valence-electron chi connectivity index (χ1n) is 10.2. The van der Waals surface area contributed by atoms with Gasteiger partial charge in [0, 0.05) is 29.1 Å². The van der Waals surface area contributed by atoms with Crippen LogP contribution in [0.25, 0.3) is 21.8 Å². The minimum Gasteiger partial charge on any atom is -0.382 e. The van der Waals surface area contributed by atoms with E-state index in [1.165, 1.54) is 18.5 Å². The number of fused-ring (bicyclic) bond motifs is 3. The van der Waals surface area contributed by atoms with Gasteiger partial charge in [0.1, 0.15) is 11.8 Å². The zero-order chi connectivity index (χ0) is 23.2. The molecule has 1 atom stereocenters. The predicted octanol–water partition coefficient (Wildman–Crippen LogP) is 3.99. The number of pyridine rings is 1. The van der Waals surface area contributed by atoms with Crippen molar-refractivity contribution in [2.45, 2.75) is 12.2 Å². The molecule has 1 saturated heterocycles. The van der Waals surface area contributed by atoms with Crippen molar-refractivity contribution in [1.82, 2.24) is 19.9 Å². The first kappa shape index (κ1) is 21.1. The summed E-state index contributed by atoms with van der Waals surface area (Å²) < 4.78 is 44.4. The third-order valence-corrected chi connectivity index (χ3v) is 5.74. The van der Waals surface area contributed by atoms with Gasteiger partial charge in [-0.3, -0.25) is 4.79 Å². The van der Waals surface area contributed by atoms with E-state index < -0.39 is 17.8 Å². The summed E-state index contributed by atoms with van der Waals surface area (Å²) in [7, 11) is 0. The molecule has 5 rings (SSSR count). The molecule has 1 aliphatic rings. The zero-order valence-electron chi connectivity index (χ0n) is 17.2. The van der Waals surface area contributed by atoms with Gasteiger partial charge in [-0.25, -0.2) is 15.0 Å². The fraction of sp³-hybridized carbons (Fsp3) is 0.217. The minimum atomic E-state index is -4.42. The van der Waals surface area contributed by atoms with Gasteiger partial charge < -0.3 is 15.4 Å². The van der Waals surface area contributed by atoms with Crippen LogP contribution in [0.2, 0.25) is 0 Å². The van der Waals surface area contributed by atoms with Crippen molar-refractivity contribution in [2.75, 3.05) is 25.5 Å².